The molecule has 0 saturated heterocycles. The Kier molecular flexibility index (Phi) is 8.48. The van der Waals surface area contributed by atoms with Gasteiger partial charge in [0.05, 0.1) is 6.21 Å². The van der Waals surface area contributed by atoms with Crippen molar-refractivity contribution >= 4 is 29.4 Å². The molecule has 0 amide bonds. The average Bonchev–Trinajstić information content (AvgIpc) is 2.63. The van der Waals surface area contributed by atoms with Crippen LogP contribution in [0, 0.1) is 0 Å². The van der Waals surface area contributed by atoms with Gasteiger partial charge < -0.3 is 19.0 Å². The molecule has 0 radical (unpaired) electrons. The fraction of sp³-hybridized carbons (Fsp3) is 0.286. The van der Waals surface area contributed by atoms with Gasteiger partial charge in [0.15, 0.2) is 0 Å². The molecule has 2 aromatic rings. The van der Waals surface area contributed by atoms with E-state index in [0.717, 1.165) is 0 Å². The summed E-state index contributed by atoms with van der Waals surface area (Å²) in [6.45, 7) is 6.41. The van der Waals surface area contributed by atoms with Crippen LogP contribution in [0.3, 0.4) is 0 Å². The summed E-state index contributed by atoms with van der Waals surface area (Å²) in [6, 6.07) is 14.6. The van der Waals surface area contributed by atoms with Crippen molar-refractivity contribution in [1.29, 1.82) is 0 Å². The molecule has 2 rings (SSSR count). The molecule has 150 valence electrons. The predicted molar refractivity (Wildman–Crippen MR) is 113 cm³/mol. The molecule has 2 aromatic carbocycles. The third kappa shape index (κ3) is 9.02. The molecule has 0 N–H and O–H groups in total. The largest absolute Gasteiger partial charge is 0.489 e. The van der Waals surface area contributed by atoms with E-state index in [2.05, 4.69) is 5.16 Å². The molecule has 28 heavy (non-hydrogen) atoms. The molecule has 0 unspecified atom stereocenters. The van der Waals surface area contributed by atoms with E-state index in [4.69, 9.17) is 42.3 Å². The monoisotopic (exact) mass is 423 g/mol. The van der Waals surface area contributed by atoms with E-state index < -0.39 is 0 Å². The molecule has 0 atom stereocenters. The third-order valence-corrected chi connectivity index (χ3v) is 3.41. The van der Waals surface area contributed by atoms with E-state index in [-0.39, 0.29) is 10.1 Å². The number of rotatable bonds is 9. The van der Waals surface area contributed by atoms with Crippen LogP contribution in [-0.2, 0) is 4.84 Å². The molecule has 0 aliphatic heterocycles. The van der Waals surface area contributed by atoms with Crippen molar-refractivity contribution in [2.24, 2.45) is 5.16 Å². The summed E-state index contributed by atoms with van der Waals surface area (Å²) in [4.78, 5) is 5.24. The molecule has 0 aromatic heterocycles. The predicted octanol–water partition coefficient (Wildman–Crippen LogP) is 6.36. The SMILES string of the molecule is CC(C)(C)ON=CCOc1ccc(Oc2ccc(OCC=C(Cl)Cl)cc2)cc1. The second kappa shape index (κ2) is 10.8. The first-order valence-electron chi connectivity index (χ1n) is 8.66. The van der Waals surface area contributed by atoms with E-state index >= 15 is 0 Å². The highest BCUT2D eigenvalue weighted by Crippen LogP contribution is 2.25. The van der Waals surface area contributed by atoms with Gasteiger partial charge in [-0.3, -0.25) is 0 Å². The number of hydrogen-bond donors (Lipinski definition) is 0. The molecular formula is C21H23Cl2NO4. The smallest absolute Gasteiger partial charge is 0.129 e. The van der Waals surface area contributed by atoms with Crippen LogP contribution in [0.2, 0.25) is 0 Å². The molecule has 5 nitrogen and oxygen atoms in total. The zero-order valence-corrected chi connectivity index (χ0v) is 17.5. The van der Waals surface area contributed by atoms with Gasteiger partial charge in [0.25, 0.3) is 0 Å². The van der Waals surface area contributed by atoms with Gasteiger partial charge in [0, 0.05) is 0 Å². The number of benzene rings is 2. The van der Waals surface area contributed by atoms with Crippen molar-refractivity contribution < 1.29 is 19.0 Å². The Hall–Kier alpha value is -2.37. The first kappa shape index (κ1) is 21.9. The van der Waals surface area contributed by atoms with Crippen molar-refractivity contribution in [3.63, 3.8) is 0 Å². The Labute approximate surface area is 175 Å². The van der Waals surface area contributed by atoms with Crippen molar-refractivity contribution in [3.8, 4) is 23.0 Å². The summed E-state index contributed by atoms with van der Waals surface area (Å²) < 4.78 is 17.0. The molecule has 0 bridgehead atoms. The summed E-state index contributed by atoms with van der Waals surface area (Å²) in [7, 11) is 0. The van der Waals surface area contributed by atoms with Gasteiger partial charge in [-0.1, -0.05) is 28.4 Å². The van der Waals surface area contributed by atoms with Crippen LogP contribution in [0.5, 0.6) is 23.0 Å². The quantitative estimate of drug-likeness (QED) is 0.347. The molecule has 0 heterocycles. The topological polar surface area (TPSA) is 49.3 Å². The summed E-state index contributed by atoms with van der Waals surface area (Å²) >= 11 is 11.1. The zero-order chi connectivity index (χ0) is 20.4. The minimum Gasteiger partial charge on any atom is -0.489 e. The first-order valence-corrected chi connectivity index (χ1v) is 9.42. The Balaban J connectivity index is 1.79. The highest BCUT2D eigenvalue weighted by atomic mass is 35.5. The van der Waals surface area contributed by atoms with Gasteiger partial charge in [-0.25, -0.2) is 0 Å². The maximum atomic E-state index is 5.80. The summed E-state index contributed by atoms with van der Waals surface area (Å²) in [6.07, 6.45) is 3.15. The lowest BCUT2D eigenvalue weighted by atomic mass is 10.2. The highest BCUT2D eigenvalue weighted by Gasteiger charge is 2.09. The van der Waals surface area contributed by atoms with E-state index in [1.54, 1.807) is 12.3 Å². The van der Waals surface area contributed by atoms with Crippen molar-refractivity contribution in [3.05, 3.63) is 59.1 Å². The molecule has 0 saturated carbocycles. The summed E-state index contributed by atoms with van der Waals surface area (Å²) in [5.74, 6) is 2.80. The standard InChI is InChI=1S/C21H23Cl2NO4/c1-21(2,3)28-24-13-15-26-17-6-10-19(11-7-17)27-18-8-4-16(5-9-18)25-14-12-20(22)23/h4-13H,14-15H2,1-3H3. The van der Waals surface area contributed by atoms with Crippen LogP contribution in [0.1, 0.15) is 20.8 Å². The van der Waals surface area contributed by atoms with Crippen LogP contribution >= 0.6 is 23.2 Å². The fourth-order valence-electron chi connectivity index (χ4n) is 1.90. The maximum Gasteiger partial charge on any atom is 0.129 e. The van der Waals surface area contributed by atoms with Crippen LogP contribution < -0.4 is 14.2 Å². The highest BCUT2D eigenvalue weighted by molar-refractivity contribution is 6.55. The van der Waals surface area contributed by atoms with E-state index in [1.165, 1.54) is 0 Å². The zero-order valence-electron chi connectivity index (χ0n) is 16.0. The van der Waals surface area contributed by atoms with Crippen molar-refractivity contribution in [1.82, 2.24) is 0 Å². The number of hydrogen-bond acceptors (Lipinski definition) is 5. The van der Waals surface area contributed by atoms with Gasteiger partial charge in [0.2, 0.25) is 0 Å². The van der Waals surface area contributed by atoms with Crippen LogP contribution in [-0.4, -0.2) is 25.0 Å². The third-order valence-electron chi connectivity index (χ3n) is 3.10. The molecule has 7 heteroatoms. The first-order chi connectivity index (χ1) is 13.3. The van der Waals surface area contributed by atoms with Gasteiger partial charge >= 0.3 is 0 Å². The molecule has 0 spiro atoms. The maximum absolute atomic E-state index is 5.80. The van der Waals surface area contributed by atoms with Crippen LogP contribution in [0.25, 0.3) is 0 Å². The van der Waals surface area contributed by atoms with Gasteiger partial charge in [-0.15, -0.1) is 0 Å². The Morgan fingerprint density at radius 2 is 1.29 bits per heavy atom. The van der Waals surface area contributed by atoms with E-state index in [9.17, 15) is 0 Å². The Morgan fingerprint density at radius 3 is 1.75 bits per heavy atom. The normalized spacial score (nSPS) is 11.2. The Morgan fingerprint density at radius 1 is 0.821 bits per heavy atom. The van der Waals surface area contributed by atoms with Crippen LogP contribution in [0.4, 0.5) is 0 Å². The van der Waals surface area contributed by atoms with Gasteiger partial charge in [-0.05, 0) is 75.4 Å². The number of ether oxygens (including phenoxy) is 3. The van der Waals surface area contributed by atoms with Crippen LogP contribution in [0.15, 0.2) is 64.3 Å². The minimum absolute atomic E-state index is 0.179. The van der Waals surface area contributed by atoms with Crippen molar-refractivity contribution in [2.45, 2.75) is 26.4 Å². The van der Waals surface area contributed by atoms with E-state index in [1.807, 2.05) is 69.3 Å². The lowest BCUT2D eigenvalue weighted by molar-refractivity contribution is 0.00128. The van der Waals surface area contributed by atoms with Crippen molar-refractivity contribution in [2.75, 3.05) is 13.2 Å². The molecule has 0 fully saturated rings. The average molecular weight is 424 g/mol. The lowest BCUT2D eigenvalue weighted by Crippen LogP contribution is -2.16. The second-order valence-electron chi connectivity index (χ2n) is 6.65. The molecule has 0 aliphatic rings. The number of halogens is 2. The molecular weight excluding hydrogens is 401 g/mol. The summed E-state index contributed by atoms with van der Waals surface area (Å²) in [5, 5.41) is 3.86. The van der Waals surface area contributed by atoms with Gasteiger partial charge in [0.1, 0.15) is 46.3 Å². The van der Waals surface area contributed by atoms with E-state index in [0.29, 0.717) is 36.2 Å². The summed E-state index contributed by atoms with van der Waals surface area (Å²) in [5.41, 5.74) is -0.311. The minimum atomic E-state index is -0.311. The second-order valence-corrected chi connectivity index (χ2v) is 7.66. The van der Waals surface area contributed by atoms with Gasteiger partial charge in [-0.2, -0.15) is 0 Å². The lowest BCUT2D eigenvalue weighted by Gasteiger charge is -2.14. The molecule has 0 aliphatic carbocycles. The number of nitrogens with zero attached hydrogens (tertiary/aromatic N) is 1. The fourth-order valence-corrected chi connectivity index (χ4v) is 2.03. The Bertz CT molecular complexity index is 778. The number of oxime groups is 1.